The fraction of sp³-hybridized carbons (Fsp3) is 0.375. The van der Waals surface area contributed by atoms with E-state index >= 15 is 0 Å². The van der Waals surface area contributed by atoms with Crippen LogP contribution >= 0.6 is 38.9 Å². The molecule has 0 bridgehead atoms. The molecule has 3 rings (SSSR count). The van der Waals surface area contributed by atoms with Crippen LogP contribution in [-0.2, 0) is 6.54 Å². The van der Waals surface area contributed by atoms with Crippen molar-refractivity contribution in [1.29, 1.82) is 0 Å². The van der Waals surface area contributed by atoms with Gasteiger partial charge in [-0.1, -0.05) is 33.6 Å². The zero-order chi connectivity index (χ0) is 14.8. The van der Waals surface area contributed by atoms with Gasteiger partial charge in [-0.25, -0.2) is 0 Å². The topological polar surface area (TPSA) is 29.3 Å². The second kappa shape index (κ2) is 6.80. The normalized spacial score (nSPS) is 16.4. The Bertz CT molecular complexity index is 598. The van der Waals surface area contributed by atoms with Gasteiger partial charge in [-0.2, -0.15) is 11.3 Å². The van der Waals surface area contributed by atoms with E-state index in [0.717, 1.165) is 16.0 Å². The third kappa shape index (κ3) is 3.69. The molecule has 2 aromatic rings. The summed E-state index contributed by atoms with van der Waals surface area (Å²) in [5.74, 6) is 0. The first-order valence-electron chi connectivity index (χ1n) is 7.11. The van der Waals surface area contributed by atoms with Crippen molar-refractivity contribution in [3.8, 4) is 0 Å². The van der Waals surface area contributed by atoms with Crippen molar-refractivity contribution in [1.82, 2.24) is 4.90 Å². The molecule has 0 saturated heterocycles. The lowest BCUT2D eigenvalue weighted by atomic mass is 10.0. The predicted octanol–water partition coefficient (Wildman–Crippen LogP) is 4.83. The van der Waals surface area contributed by atoms with E-state index in [1.165, 1.54) is 24.0 Å². The van der Waals surface area contributed by atoms with Crippen LogP contribution in [0, 0.1) is 0 Å². The third-order valence-electron chi connectivity index (χ3n) is 3.91. The summed E-state index contributed by atoms with van der Waals surface area (Å²) in [6.45, 7) is 1.58. The van der Waals surface area contributed by atoms with Crippen LogP contribution < -0.4 is 5.73 Å². The van der Waals surface area contributed by atoms with Gasteiger partial charge in [0.25, 0.3) is 0 Å². The average Bonchev–Trinajstić information content (AvgIpc) is 3.18. The third-order valence-corrected chi connectivity index (χ3v) is 5.56. The smallest absolute Gasteiger partial charge is 0.0488 e. The first kappa shape index (κ1) is 15.5. The van der Waals surface area contributed by atoms with E-state index in [-0.39, 0.29) is 6.04 Å². The molecule has 0 spiro atoms. The molecule has 0 aliphatic heterocycles. The molecule has 0 amide bonds. The van der Waals surface area contributed by atoms with Crippen molar-refractivity contribution in [2.45, 2.75) is 31.5 Å². The fourth-order valence-corrected chi connectivity index (χ4v) is 4.31. The van der Waals surface area contributed by atoms with Gasteiger partial charge in [0.2, 0.25) is 0 Å². The molecule has 1 unspecified atom stereocenters. The Morgan fingerprint density at radius 2 is 2.19 bits per heavy atom. The van der Waals surface area contributed by atoms with Gasteiger partial charge in [-0.15, -0.1) is 0 Å². The van der Waals surface area contributed by atoms with E-state index < -0.39 is 0 Å². The Labute approximate surface area is 143 Å². The molecule has 1 saturated carbocycles. The number of thiophene rings is 1. The van der Waals surface area contributed by atoms with Crippen LogP contribution in [0.3, 0.4) is 0 Å². The average molecular weight is 386 g/mol. The lowest BCUT2D eigenvalue weighted by Gasteiger charge is -2.32. The van der Waals surface area contributed by atoms with Crippen molar-refractivity contribution in [2.75, 3.05) is 6.54 Å². The monoisotopic (exact) mass is 384 g/mol. The number of hydrogen-bond acceptors (Lipinski definition) is 3. The Hall–Kier alpha value is -0.390. The maximum Gasteiger partial charge on any atom is 0.0488 e. The van der Waals surface area contributed by atoms with Gasteiger partial charge in [0.1, 0.15) is 0 Å². The zero-order valence-corrected chi connectivity index (χ0v) is 14.8. The molecule has 0 radical (unpaired) electrons. The van der Waals surface area contributed by atoms with Gasteiger partial charge >= 0.3 is 0 Å². The summed E-state index contributed by atoms with van der Waals surface area (Å²) < 4.78 is 1.04. The van der Waals surface area contributed by atoms with Crippen LogP contribution in [0.5, 0.6) is 0 Å². The van der Waals surface area contributed by atoms with Crippen LogP contribution in [0.1, 0.15) is 30.0 Å². The molecule has 2 nitrogen and oxygen atoms in total. The summed E-state index contributed by atoms with van der Waals surface area (Å²) in [4.78, 5) is 2.54. The minimum Gasteiger partial charge on any atom is -0.329 e. The minimum atomic E-state index is 0.226. The molecule has 21 heavy (non-hydrogen) atoms. The molecule has 1 aromatic carbocycles. The fourth-order valence-electron chi connectivity index (χ4n) is 2.71. The van der Waals surface area contributed by atoms with E-state index in [4.69, 9.17) is 17.3 Å². The lowest BCUT2D eigenvalue weighted by molar-refractivity contribution is 0.181. The summed E-state index contributed by atoms with van der Waals surface area (Å²) in [6, 6.07) is 9.07. The van der Waals surface area contributed by atoms with Gasteiger partial charge in [0.15, 0.2) is 0 Å². The molecule has 1 heterocycles. The Kier molecular flexibility index (Phi) is 5.02. The molecule has 112 valence electrons. The lowest BCUT2D eigenvalue weighted by Crippen LogP contribution is -2.35. The Balaban J connectivity index is 1.88. The van der Waals surface area contributed by atoms with Gasteiger partial charge in [0, 0.05) is 34.7 Å². The molecule has 1 fully saturated rings. The van der Waals surface area contributed by atoms with Crippen molar-refractivity contribution in [2.24, 2.45) is 5.73 Å². The first-order chi connectivity index (χ1) is 10.2. The molecule has 2 N–H and O–H groups in total. The summed E-state index contributed by atoms with van der Waals surface area (Å²) in [6.07, 6.45) is 2.54. The van der Waals surface area contributed by atoms with Crippen LogP contribution in [-0.4, -0.2) is 17.5 Å². The first-order valence-corrected chi connectivity index (χ1v) is 9.22. The summed E-state index contributed by atoms with van der Waals surface area (Å²) in [5, 5.41) is 5.10. The summed E-state index contributed by atoms with van der Waals surface area (Å²) in [5.41, 5.74) is 8.71. The maximum absolute atomic E-state index is 6.11. The van der Waals surface area contributed by atoms with Crippen molar-refractivity contribution >= 4 is 38.9 Å². The number of halogens is 2. The minimum absolute atomic E-state index is 0.226. The Morgan fingerprint density at radius 1 is 1.38 bits per heavy atom. The quantitative estimate of drug-likeness (QED) is 0.771. The number of nitrogens with zero attached hydrogens (tertiary/aromatic N) is 1. The molecular weight excluding hydrogens is 368 g/mol. The molecular formula is C16H18BrClN2S. The number of benzene rings is 1. The van der Waals surface area contributed by atoms with Gasteiger partial charge in [-0.3, -0.25) is 4.90 Å². The Morgan fingerprint density at radius 3 is 2.76 bits per heavy atom. The van der Waals surface area contributed by atoms with E-state index in [1.54, 1.807) is 11.3 Å². The van der Waals surface area contributed by atoms with Gasteiger partial charge in [0.05, 0.1) is 0 Å². The standard InChI is InChI=1S/C16H18BrClN2S/c17-15-7-12(18)1-4-14(15)16(8-19)20(13-2-3-13)9-11-5-6-21-10-11/h1,4-7,10,13,16H,2-3,8-9,19H2. The van der Waals surface area contributed by atoms with Gasteiger partial charge < -0.3 is 5.73 Å². The van der Waals surface area contributed by atoms with Gasteiger partial charge in [-0.05, 0) is 52.9 Å². The predicted molar refractivity (Wildman–Crippen MR) is 93.8 cm³/mol. The van der Waals surface area contributed by atoms with Crippen LogP contribution in [0.4, 0.5) is 0 Å². The maximum atomic E-state index is 6.11. The molecule has 5 heteroatoms. The van der Waals surface area contributed by atoms with Crippen LogP contribution in [0.25, 0.3) is 0 Å². The van der Waals surface area contributed by atoms with Crippen LogP contribution in [0.15, 0.2) is 39.5 Å². The van der Waals surface area contributed by atoms with Crippen molar-refractivity contribution in [3.63, 3.8) is 0 Å². The second-order valence-corrected chi connectivity index (χ2v) is 7.52. The molecule has 1 aliphatic rings. The zero-order valence-electron chi connectivity index (χ0n) is 11.6. The SMILES string of the molecule is NCC(c1ccc(Cl)cc1Br)N(Cc1ccsc1)C1CC1. The highest BCUT2D eigenvalue weighted by atomic mass is 79.9. The van der Waals surface area contributed by atoms with E-state index in [1.807, 2.05) is 12.1 Å². The highest BCUT2D eigenvalue weighted by Gasteiger charge is 2.34. The number of rotatable bonds is 6. The molecule has 1 atom stereocenters. The molecule has 1 aliphatic carbocycles. The largest absolute Gasteiger partial charge is 0.329 e. The second-order valence-electron chi connectivity index (χ2n) is 5.45. The van der Waals surface area contributed by atoms with E-state index in [9.17, 15) is 0 Å². The van der Waals surface area contributed by atoms with Crippen molar-refractivity contribution in [3.05, 3.63) is 55.6 Å². The summed E-state index contributed by atoms with van der Waals surface area (Å²) in [7, 11) is 0. The van der Waals surface area contributed by atoms with E-state index in [2.05, 4.69) is 43.7 Å². The van der Waals surface area contributed by atoms with Crippen LogP contribution in [0.2, 0.25) is 5.02 Å². The number of hydrogen-bond donors (Lipinski definition) is 1. The highest BCUT2D eigenvalue weighted by molar-refractivity contribution is 9.10. The summed E-state index contributed by atoms with van der Waals surface area (Å²) >= 11 is 11.4. The molecule has 1 aromatic heterocycles. The van der Waals surface area contributed by atoms with E-state index in [0.29, 0.717) is 12.6 Å². The number of nitrogens with two attached hydrogens (primary N) is 1. The highest BCUT2D eigenvalue weighted by Crippen LogP contribution is 2.38. The van der Waals surface area contributed by atoms with Crippen molar-refractivity contribution < 1.29 is 0 Å².